The Morgan fingerprint density at radius 2 is 0.809 bits per heavy atom. The van der Waals surface area contributed by atoms with Gasteiger partial charge in [0.05, 0.1) is 32.9 Å². The van der Waals surface area contributed by atoms with Crippen molar-refractivity contribution in [2.75, 3.05) is 23.7 Å². The summed E-state index contributed by atoms with van der Waals surface area (Å²) < 4.78 is 0. The number of unbranched alkanes of at least 4 members (excludes halogenated alkanes) is 2. The molecule has 2 heterocycles. The Morgan fingerprint density at radius 1 is 0.511 bits per heavy atom. The second kappa shape index (κ2) is 16.3. The zero-order chi connectivity index (χ0) is 31.2. The SMILES string of the molecule is C[C@H](Nc1c2ccccc2[nH+]c2ccccc12)C(=O)NCCCCCNC(=O)[C@H](C)Nc1c2ccccc2[nH+]c2ccccc12.[Cl-].[Cl-]. The lowest BCUT2D eigenvalue weighted by Gasteiger charge is -2.18. The molecule has 0 aliphatic carbocycles. The Morgan fingerprint density at radius 3 is 1.13 bits per heavy atom. The molecule has 2 amide bonds. The molecule has 244 valence electrons. The molecule has 0 bridgehead atoms. The quantitative estimate of drug-likeness (QED) is 0.105. The Labute approximate surface area is 286 Å². The highest BCUT2D eigenvalue weighted by Gasteiger charge is 2.20. The van der Waals surface area contributed by atoms with Gasteiger partial charge in [-0.3, -0.25) is 9.59 Å². The summed E-state index contributed by atoms with van der Waals surface area (Å²) in [7, 11) is 0. The highest BCUT2D eigenvalue weighted by Crippen LogP contribution is 2.30. The zero-order valence-electron chi connectivity index (χ0n) is 26.5. The van der Waals surface area contributed by atoms with Crippen molar-refractivity contribution in [1.82, 2.24) is 10.6 Å². The number of halogens is 2. The fourth-order valence-corrected chi connectivity index (χ4v) is 5.85. The van der Waals surface area contributed by atoms with E-state index in [4.69, 9.17) is 0 Å². The van der Waals surface area contributed by atoms with E-state index in [0.29, 0.717) is 13.1 Å². The monoisotopic (exact) mass is 670 g/mol. The molecule has 0 saturated carbocycles. The zero-order valence-corrected chi connectivity index (χ0v) is 28.0. The molecule has 0 spiro atoms. The number of fused-ring (bicyclic) bond motifs is 4. The smallest absolute Gasteiger partial charge is 0.242 e. The van der Waals surface area contributed by atoms with Crippen molar-refractivity contribution in [3.8, 4) is 0 Å². The van der Waals surface area contributed by atoms with Gasteiger partial charge in [-0.1, -0.05) is 48.5 Å². The average molecular weight is 672 g/mol. The van der Waals surface area contributed by atoms with E-state index < -0.39 is 12.1 Å². The Bertz CT molecular complexity index is 1750. The predicted molar refractivity (Wildman–Crippen MR) is 182 cm³/mol. The van der Waals surface area contributed by atoms with Crippen LogP contribution in [0, 0.1) is 0 Å². The summed E-state index contributed by atoms with van der Waals surface area (Å²) in [6.07, 6.45) is 2.58. The van der Waals surface area contributed by atoms with E-state index >= 15 is 0 Å². The number of amides is 2. The van der Waals surface area contributed by atoms with E-state index in [1.807, 2.05) is 86.6 Å². The first-order valence-corrected chi connectivity index (χ1v) is 15.7. The number of hydrogen-bond donors (Lipinski definition) is 4. The first-order valence-electron chi connectivity index (χ1n) is 15.7. The molecule has 0 radical (unpaired) electrons. The van der Waals surface area contributed by atoms with E-state index in [0.717, 1.165) is 74.2 Å². The van der Waals surface area contributed by atoms with Gasteiger partial charge in [0.15, 0.2) is 0 Å². The van der Waals surface area contributed by atoms with Crippen molar-refractivity contribution in [1.29, 1.82) is 0 Å². The van der Waals surface area contributed by atoms with Crippen LogP contribution in [0.15, 0.2) is 97.1 Å². The van der Waals surface area contributed by atoms with Crippen molar-refractivity contribution in [2.45, 2.75) is 45.2 Å². The summed E-state index contributed by atoms with van der Waals surface area (Å²) in [5.41, 5.74) is 5.98. The first-order chi connectivity index (χ1) is 22.0. The number of nitrogens with one attached hydrogen (secondary N) is 6. The minimum Gasteiger partial charge on any atom is -1.00 e. The number of para-hydroxylation sites is 4. The summed E-state index contributed by atoms with van der Waals surface area (Å²) in [6, 6.07) is 31.7. The van der Waals surface area contributed by atoms with Crippen LogP contribution in [0.25, 0.3) is 43.6 Å². The molecule has 0 saturated heterocycles. The van der Waals surface area contributed by atoms with Crippen LogP contribution >= 0.6 is 0 Å². The van der Waals surface area contributed by atoms with Gasteiger partial charge in [0.1, 0.15) is 12.1 Å². The molecule has 4 aromatic carbocycles. The van der Waals surface area contributed by atoms with Crippen molar-refractivity contribution >= 4 is 66.8 Å². The van der Waals surface area contributed by atoms with Crippen molar-refractivity contribution in [3.63, 3.8) is 0 Å². The molecular weight excluding hydrogens is 631 g/mol. The largest absolute Gasteiger partial charge is 1.00 e. The predicted octanol–water partition coefficient (Wildman–Crippen LogP) is -0.361. The van der Waals surface area contributed by atoms with E-state index in [1.165, 1.54) is 0 Å². The fraction of sp³-hybridized carbons (Fsp3) is 0.243. The van der Waals surface area contributed by atoms with Gasteiger partial charge in [-0.05, 0) is 57.4 Å². The van der Waals surface area contributed by atoms with Crippen LogP contribution in [0.3, 0.4) is 0 Å². The number of hydrogen-bond acceptors (Lipinski definition) is 4. The fourth-order valence-electron chi connectivity index (χ4n) is 5.85. The Balaban J connectivity index is 0.00000250. The number of benzene rings is 4. The molecule has 0 aliphatic heterocycles. The summed E-state index contributed by atoms with van der Waals surface area (Å²) in [6.45, 7) is 4.96. The van der Waals surface area contributed by atoms with Crippen LogP contribution in [-0.2, 0) is 9.59 Å². The second-order valence-corrected chi connectivity index (χ2v) is 11.6. The van der Waals surface area contributed by atoms with E-state index in [-0.39, 0.29) is 36.6 Å². The van der Waals surface area contributed by atoms with Crippen LogP contribution in [0.1, 0.15) is 33.1 Å². The average Bonchev–Trinajstić information content (AvgIpc) is 3.07. The van der Waals surface area contributed by atoms with Crippen LogP contribution in [0.2, 0.25) is 0 Å². The third-order valence-corrected chi connectivity index (χ3v) is 8.28. The molecule has 47 heavy (non-hydrogen) atoms. The number of rotatable bonds is 12. The topological polar surface area (TPSA) is 111 Å². The molecule has 6 rings (SSSR count). The van der Waals surface area contributed by atoms with E-state index in [9.17, 15) is 9.59 Å². The standard InChI is InChI=1S/C37H38N6O2.2ClH/c1-24(40-34-26-14-4-8-18-30(26)42-31-19-9-5-15-27(31)34)36(44)38-22-12-3-13-23-39-37(45)25(2)41-35-28-16-6-10-20-32(28)43-33-21-11-7-17-29(33)35;;/h4-11,14-21,24-25H,3,12-13,22-23H2,1-2H3,(H,38,44)(H,39,45)(H,40,42)(H,41,43);2*1H/t24-,25-;;/m0../s1. The van der Waals surface area contributed by atoms with Crippen LogP contribution in [0.5, 0.6) is 0 Å². The van der Waals surface area contributed by atoms with Crippen molar-refractivity contribution < 1.29 is 44.4 Å². The molecule has 0 unspecified atom stereocenters. The molecule has 8 nitrogen and oxygen atoms in total. The summed E-state index contributed by atoms with van der Waals surface area (Å²) in [5.74, 6) is -0.0782. The van der Waals surface area contributed by atoms with Gasteiger partial charge in [0, 0.05) is 37.4 Å². The van der Waals surface area contributed by atoms with Gasteiger partial charge in [0.2, 0.25) is 33.9 Å². The lowest BCUT2D eigenvalue weighted by molar-refractivity contribution is -0.310. The first kappa shape index (κ1) is 35.2. The van der Waals surface area contributed by atoms with Crippen LogP contribution in [-0.4, -0.2) is 37.0 Å². The van der Waals surface area contributed by atoms with Gasteiger partial charge >= 0.3 is 0 Å². The second-order valence-electron chi connectivity index (χ2n) is 11.6. The lowest BCUT2D eigenvalue weighted by Crippen LogP contribution is -3.00. The molecule has 2 aromatic heterocycles. The van der Waals surface area contributed by atoms with Gasteiger partial charge in [-0.2, -0.15) is 0 Å². The number of anilines is 2. The van der Waals surface area contributed by atoms with E-state index in [1.54, 1.807) is 0 Å². The Kier molecular flexibility index (Phi) is 12.2. The molecule has 6 N–H and O–H groups in total. The van der Waals surface area contributed by atoms with E-state index in [2.05, 4.69) is 55.5 Å². The third-order valence-electron chi connectivity index (χ3n) is 8.28. The number of pyridine rings is 2. The summed E-state index contributed by atoms with van der Waals surface area (Å²) in [5, 5.41) is 17.2. The number of H-pyrrole nitrogens is 2. The van der Waals surface area contributed by atoms with Crippen molar-refractivity contribution in [2.24, 2.45) is 0 Å². The molecule has 10 heteroatoms. The Hall–Kier alpha value is -4.66. The maximum atomic E-state index is 12.9. The lowest BCUT2D eigenvalue weighted by atomic mass is 10.1. The number of aromatic nitrogens is 2. The number of aromatic amines is 2. The molecule has 0 aliphatic rings. The maximum Gasteiger partial charge on any atom is 0.242 e. The van der Waals surface area contributed by atoms with Gasteiger partial charge < -0.3 is 46.1 Å². The number of carbonyl (C=O) groups excluding carboxylic acids is 2. The highest BCUT2D eigenvalue weighted by atomic mass is 35.5. The maximum absolute atomic E-state index is 12.9. The highest BCUT2D eigenvalue weighted by molar-refractivity contribution is 6.07. The summed E-state index contributed by atoms with van der Waals surface area (Å²) >= 11 is 0. The normalized spacial score (nSPS) is 12.1. The van der Waals surface area contributed by atoms with Crippen molar-refractivity contribution in [3.05, 3.63) is 97.1 Å². The molecular formula is C37H40Cl2N6O2. The molecule has 6 aromatic rings. The molecule has 2 atom stereocenters. The van der Waals surface area contributed by atoms with Gasteiger partial charge in [0.25, 0.3) is 0 Å². The minimum absolute atomic E-state index is 0. The van der Waals surface area contributed by atoms with Gasteiger partial charge in [-0.25, -0.2) is 9.97 Å². The number of carbonyl (C=O) groups is 2. The molecule has 0 fully saturated rings. The van der Waals surface area contributed by atoms with Gasteiger partial charge in [-0.15, -0.1) is 0 Å². The van der Waals surface area contributed by atoms with Crippen LogP contribution < -0.4 is 56.0 Å². The van der Waals surface area contributed by atoms with Crippen LogP contribution in [0.4, 0.5) is 11.4 Å². The third kappa shape index (κ3) is 8.02. The summed E-state index contributed by atoms with van der Waals surface area (Å²) in [4.78, 5) is 32.8. The minimum atomic E-state index is -0.399.